The fourth-order valence-corrected chi connectivity index (χ4v) is 1.86. The van der Waals surface area contributed by atoms with E-state index in [1.807, 2.05) is 0 Å². The van der Waals surface area contributed by atoms with E-state index >= 15 is 0 Å². The molecular formula is C14H25O. The third kappa shape index (κ3) is 5.99. The third-order valence-electron chi connectivity index (χ3n) is 2.95. The van der Waals surface area contributed by atoms with Gasteiger partial charge in [0.25, 0.3) is 0 Å². The molecule has 1 nitrogen and oxygen atoms in total. The summed E-state index contributed by atoms with van der Waals surface area (Å²) in [4.78, 5) is 0. The summed E-state index contributed by atoms with van der Waals surface area (Å²) in [5.74, 6) is 0.629. The monoisotopic (exact) mass is 209 g/mol. The highest BCUT2D eigenvalue weighted by Gasteiger charge is 2.11. The topological polar surface area (TPSA) is 9.23 Å². The maximum atomic E-state index is 5.91. The molecule has 0 amide bonds. The molecule has 0 fully saturated rings. The van der Waals surface area contributed by atoms with Crippen molar-refractivity contribution in [2.45, 2.75) is 58.5 Å². The first-order chi connectivity index (χ1) is 7.30. The van der Waals surface area contributed by atoms with Gasteiger partial charge in [-0.1, -0.05) is 38.8 Å². The summed E-state index contributed by atoms with van der Waals surface area (Å²) in [5.41, 5.74) is 0. The Hall–Kier alpha value is -0.300. The summed E-state index contributed by atoms with van der Waals surface area (Å²) in [6.45, 7) is 5.43. The highest BCUT2D eigenvalue weighted by molar-refractivity contribution is 4.87. The molecule has 1 aliphatic heterocycles. The van der Waals surface area contributed by atoms with Gasteiger partial charge in [-0.15, -0.1) is 0 Å². The van der Waals surface area contributed by atoms with E-state index in [2.05, 4.69) is 32.4 Å². The van der Waals surface area contributed by atoms with Crippen molar-refractivity contribution in [1.82, 2.24) is 0 Å². The van der Waals surface area contributed by atoms with Gasteiger partial charge >= 0.3 is 0 Å². The zero-order chi connectivity index (χ0) is 10.9. The molecule has 0 aliphatic carbocycles. The quantitative estimate of drug-likeness (QED) is 0.590. The first kappa shape index (κ1) is 12.8. The van der Waals surface area contributed by atoms with Crippen LogP contribution in [-0.4, -0.2) is 12.7 Å². The fraction of sp³-hybridized carbons (Fsp3) is 0.786. The lowest BCUT2D eigenvalue weighted by molar-refractivity contribution is 0.0225. The fourth-order valence-electron chi connectivity index (χ4n) is 1.86. The van der Waals surface area contributed by atoms with E-state index in [0.717, 1.165) is 13.0 Å². The molecule has 1 heterocycles. The van der Waals surface area contributed by atoms with Gasteiger partial charge in [0.05, 0.1) is 6.10 Å². The van der Waals surface area contributed by atoms with Crippen LogP contribution in [0.15, 0.2) is 12.2 Å². The lowest BCUT2D eigenvalue weighted by atomic mass is 10.0. The molecular weight excluding hydrogens is 184 g/mol. The van der Waals surface area contributed by atoms with Crippen LogP contribution in [0.5, 0.6) is 0 Å². The van der Waals surface area contributed by atoms with Crippen LogP contribution in [0.3, 0.4) is 0 Å². The highest BCUT2D eigenvalue weighted by Crippen LogP contribution is 2.14. The molecule has 0 saturated carbocycles. The largest absolute Gasteiger partial charge is 0.378 e. The average Bonchev–Trinajstić information content (AvgIpc) is 2.18. The Kier molecular flexibility index (Phi) is 6.74. The second-order valence-electron chi connectivity index (χ2n) is 4.72. The van der Waals surface area contributed by atoms with E-state index in [4.69, 9.17) is 4.74 Å². The van der Waals surface area contributed by atoms with E-state index in [1.165, 1.54) is 32.1 Å². The van der Waals surface area contributed by atoms with Crippen molar-refractivity contribution in [3.05, 3.63) is 18.6 Å². The summed E-state index contributed by atoms with van der Waals surface area (Å²) in [7, 11) is 0. The van der Waals surface area contributed by atoms with E-state index in [9.17, 15) is 0 Å². The van der Waals surface area contributed by atoms with Crippen LogP contribution in [0.1, 0.15) is 52.4 Å². The molecule has 0 aromatic rings. The Morgan fingerprint density at radius 2 is 1.93 bits per heavy atom. The Morgan fingerprint density at radius 1 is 1.07 bits per heavy atom. The molecule has 0 aromatic carbocycles. The highest BCUT2D eigenvalue weighted by atomic mass is 16.5. The van der Waals surface area contributed by atoms with Crippen molar-refractivity contribution in [3.63, 3.8) is 0 Å². The molecule has 0 spiro atoms. The standard InChI is InChI=1S/C14H25O/c1-13(2)14-11-9-7-5-3-4-6-8-10-12-15-14/h4,7,9,13-14H,3,5-6,8,10-12H2,1-2H3/b9-7+. The summed E-state index contributed by atoms with van der Waals surface area (Å²) < 4.78 is 5.91. The minimum Gasteiger partial charge on any atom is -0.378 e. The first-order valence-corrected chi connectivity index (χ1v) is 6.39. The molecule has 15 heavy (non-hydrogen) atoms. The third-order valence-corrected chi connectivity index (χ3v) is 2.95. The van der Waals surface area contributed by atoms with E-state index < -0.39 is 0 Å². The average molecular weight is 209 g/mol. The molecule has 1 atom stereocenters. The summed E-state index contributed by atoms with van der Waals surface area (Å²) >= 11 is 0. The van der Waals surface area contributed by atoms with Gasteiger partial charge in [-0.05, 0) is 38.0 Å². The minimum atomic E-state index is 0.421. The Morgan fingerprint density at radius 3 is 2.73 bits per heavy atom. The lowest BCUT2D eigenvalue weighted by Gasteiger charge is -2.20. The first-order valence-electron chi connectivity index (χ1n) is 6.39. The van der Waals surface area contributed by atoms with Crippen LogP contribution < -0.4 is 0 Å². The molecule has 1 aliphatic rings. The van der Waals surface area contributed by atoms with Crippen molar-refractivity contribution in [2.75, 3.05) is 6.61 Å². The van der Waals surface area contributed by atoms with Crippen LogP contribution in [0.2, 0.25) is 0 Å². The minimum absolute atomic E-state index is 0.421. The number of allylic oxidation sites excluding steroid dienone is 1. The van der Waals surface area contributed by atoms with Crippen molar-refractivity contribution in [1.29, 1.82) is 0 Å². The van der Waals surface area contributed by atoms with Crippen molar-refractivity contribution in [2.24, 2.45) is 5.92 Å². The summed E-state index contributed by atoms with van der Waals surface area (Å²) in [5, 5.41) is 0. The number of rotatable bonds is 1. The second-order valence-corrected chi connectivity index (χ2v) is 4.72. The summed E-state index contributed by atoms with van der Waals surface area (Å²) in [6, 6.07) is 0. The number of ether oxygens (including phenoxy) is 1. The maximum Gasteiger partial charge on any atom is 0.0632 e. The van der Waals surface area contributed by atoms with Gasteiger partial charge < -0.3 is 4.74 Å². The van der Waals surface area contributed by atoms with E-state index in [-0.39, 0.29) is 0 Å². The maximum absolute atomic E-state index is 5.91. The van der Waals surface area contributed by atoms with Gasteiger partial charge in [0.2, 0.25) is 0 Å². The Balaban J connectivity index is 2.36. The van der Waals surface area contributed by atoms with E-state index in [1.54, 1.807) is 0 Å². The predicted octanol–water partition coefficient (Wildman–Crippen LogP) is 4.14. The number of hydrogen-bond donors (Lipinski definition) is 0. The van der Waals surface area contributed by atoms with Gasteiger partial charge in [-0.3, -0.25) is 0 Å². The SMILES string of the molecule is CC(C)C1C/C=C/CC[CH]CCCCO1. The predicted molar refractivity (Wildman–Crippen MR) is 65.7 cm³/mol. The molecule has 87 valence electrons. The zero-order valence-electron chi connectivity index (χ0n) is 10.2. The number of hydrogen-bond acceptors (Lipinski definition) is 1. The summed E-state index contributed by atoms with van der Waals surface area (Å²) in [6.07, 6.45) is 14.7. The molecule has 1 radical (unpaired) electrons. The van der Waals surface area contributed by atoms with Crippen LogP contribution in [0, 0.1) is 12.3 Å². The van der Waals surface area contributed by atoms with Gasteiger partial charge in [0.15, 0.2) is 0 Å². The van der Waals surface area contributed by atoms with Gasteiger partial charge in [0, 0.05) is 6.61 Å². The van der Waals surface area contributed by atoms with Crippen LogP contribution in [0.25, 0.3) is 0 Å². The van der Waals surface area contributed by atoms with Crippen molar-refractivity contribution in [3.8, 4) is 0 Å². The lowest BCUT2D eigenvalue weighted by Crippen LogP contribution is -2.19. The molecule has 1 rings (SSSR count). The molecule has 0 N–H and O–H groups in total. The molecule has 0 bridgehead atoms. The Labute approximate surface area is 94.9 Å². The Bertz CT molecular complexity index is 172. The van der Waals surface area contributed by atoms with Crippen LogP contribution in [0.4, 0.5) is 0 Å². The van der Waals surface area contributed by atoms with Crippen molar-refractivity contribution >= 4 is 0 Å². The molecule has 0 aromatic heterocycles. The zero-order valence-corrected chi connectivity index (χ0v) is 10.2. The van der Waals surface area contributed by atoms with Gasteiger partial charge in [0.1, 0.15) is 0 Å². The van der Waals surface area contributed by atoms with E-state index in [0.29, 0.717) is 12.0 Å². The molecule has 1 unspecified atom stereocenters. The van der Waals surface area contributed by atoms with Gasteiger partial charge in [-0.25, -0.2) is 0 Å². The van der Waals surface area contributed by atoms with Crippen LogP contribution in [-0.2, 0) is 4.74 Å². The van der Waals surface area contributed by atoms with Gasteiger partial charge in [-0.2, -0.15) is 0 Å². The second kappa shape index (κ2) is 7.92. The molecule has 1 heteroatoms. The van der Waals surface area contributed by atoms with Crippen molar-refractivity contribution < 1.29 is 4.74 Å². The molecule has 0 saturated heterocycles. The normalized spacial score (nSPS) is 28.1. The smallest absolute Gasteiger partial charge is 0.0632 e. The van der Waals surface area contributed by atoms with Crippen LogP contribution >= 0.6 is 0 Å².